The summed E-state index contributed by atoms with van der Waals surface area (Å²) in [5.74, 6) is -1.89. The van der Waals surface area contributed by atoms with Gasteiger partial charge in [0.05, 0.1) is 0 Å². The van der Waals surface area contributed by atoms with Crippen LogP contribution >= 0.6 is 0 Å². The Hall–Kier alpha value is -2.90. The van der Waals surface area contributed by atoms with Gasteiger partial charge in [-0.3, -0.25) is 0 Å². The first-order valence-corrected chi connectivity index (χ1v) is 6.84. The van der Waals surface area contributed by atoms with E-state index in [1.807, 2.05) is 6.92 Å². The van der Waals surface area contributed by atoms with Crippen molar-refractivity contribution in [2.24, 2.45) is 5.11 Å². The Labute approximate surface area is 131 Å². The fraction of sp³-hybridized carbons (Fsp3) is 0.200. The zero-order valence-electron chi connectivity index (χ0n) is 12.4. The predicted octanol–water partition coefficient (Wildman–Crippen LogP) is 3.68. The van der Waals surface area contributed by atoms with E-state index in [1.165, 1.54) is 12.3 Å². The third kappa shape index (κ3) is 4.80. The van der Waals surface area contributed by atoms with Crippen LogP contribution in [0.5, 0.6) is 6.01 Å². The van der Waals surface area contributed by atoms with Crippen LogP contribution in [0.15, 0.2) is 47.6 Å². The van der Waals surface area contributed by atoms with Crippen LogP contribution in [0.2, 0.25) is 0 Å². The minimum Gasteiger partial charge on any atom is -0.457 e. The van der Waals surface area contributed by atoms with Crippen molar-refractivity contribution in [2.45, 2.75) is 13.3 Å². The lowest BCUT2D eigenvalue weighted by atomic mass is 10.3. The quantitative estimate of drug-likeness (QED) is 0.763. The molecule has 2 N–H and O–H groups in total. The Balaban J connectivity index is 1.95. The predicted molar refractivity (Wildman–Crippen MR) is 80.1 cm³/mol. The maximum absolute atomic E-state index is 13.1. The van der Waals surface area contributed by atoms with Gasteiger partial charge in [-0.25, -0.2) is 24.3 Å². The number of hydrogen-bond donors (Lipinski definition) is 2. The van der Waals surface area contributed by atoms with Crippen molar-refractivity contribution in [1.29, 1.82) is 5.53 Å². The average Bonchev–Trinajstić information content (AvgIpc) is 2.58. The molecule has 2 rings (SSSR count). The molecule has 120 valence electrons. The van der Waals surface area contributed by atoms with Gasteiger partial charge in [-0.15, -0.1) is 0 Å². The van der Waals surface area contributed by atoms with Gasteiger partial charge in [0, 0.05) is 30.3 Å². The van der Waals surface area contributed by atoms with E-state index < -0.39 is 11.6 Å². The van der Waals surface area contributed by atoms with Crippen LogP contribution in [-0.2, 0) is 6.42 Å². The second kappa shape index (κ2) is 7.92. The highest BCUT2D eigenvalue weighted by Gasteiger charge is 2.03. The first kappa shape index (κ1) is 16.5. The molecule has 23 heavy (non-hydrogen) atoms. The molecule has 0 saturated carbocycles. The highest BCUT2D eigenvalue weighted by Crippen LogP contribution is 2.14. The maximum Gasteiger partial charge on any atom is 0.316 e. The normalized spacial score (nSPS) is 11.2. The SMILES string of the molecule is CCc1cnc(OC/C(=C/Nc2ccc(F)c(F)c2)N=N)nc1. The van der Waals surface area contributed by atoms with Crippen LogP contribution in [0.4, 0.5) is 14.5 Å². The number of anilines is 1. The van der Waals surface area contributed by atoms with Crippen LogP contribution < -0.4 is 10.1 Å². The molecule has 0 aliphatic carbocycles. The van der Waals surface area contributed by atoms with Crippen molar-refractivity contribution >= 4 is 5.69 Å². The van der Waals surface area contributed by atoms with Crippen molar-refractivity contribution < 1.29 is 13.5 Å². The lowest BCUT2D eigenvalue weighted by molar-refractivity contribution is 0.320. The number of aromatic nitrogens is 2. The summed E-state index contributed by atoms with van der Waals surface area (Å²) in [4.78, 5) is 8.04. The van der Waals surface area contributed by atoms with Gasteiger partial charge in [0.1, 0.15) is 12.3 Å². The summed E-state index contributed by atoms with van der Waals surface area (Å²) in [6.07, 6.45) is 5.50. The smallest absolute Gasteiger partial charge is 0.316 e. The molecule has 8 heteroatoms. The standard InChI is InChI=1S/C15H15F2N5O/c1-2-10-6-20-15(21-7-10)23-9-12(22-18)8-19-11-3-4-13(16)14(17)5-11/h3-8,18-19H,2,9H2,1H3/b12-8-,22-18?. The highest BCUT2D eigenvalue weighted by atomic mass is 19.2. The number of aryl methyl sites for hydroxylation is 1. The van der Waals surface area contributed by atoms with Crippen LogP contribution in [0.1, 0.15) is 12.5 Å². The molecule has 0 bridgehead atoms. The minimum atomic E-state index is -0.964. The number of rotatable bonds is 7. The van der Waals surface area contributed by atoms with Crippen LogP contribution in [0.3, 0.4) is 0 Å². The molecule has 0 aliphatic rings. The zero-order chi connectivity index (χ0) is 16.7. The molecule has 0 fully saturated rings. The zero-order valence-corrected chi connectivity index (χ0v) is 12.4. The summed E-state index contributed by atoms with van der Waals surface area (Å²) in [5, 5.41) is 6.01. The maximum atomic E-state index is 13.1. The first-order chi connectivity index (χ1) is 11.1. The van der Waals surface area contributed by atoms with Crippen molar-refractivity contribution in [3.8, 4) is 6.01 Å². The number of nitrogens with zero attached hydrogens (tertiary/aromatic N) is 3. The lowest BCUT2D eigenvalue weighted by Crippen LogP contribution is -2.04. The molecule has 2 aromatic rings. The fourth-order valence-electron chi connectivity index (χ4n) is 1.60. The number of halogens is 2. The van der Waals surface area contributed by atoms with Gasteiger partial charge in [-0.1, -0.05) is 6.92 Å². The van der Waals surface area contributed by atoms with E-state index in [4.69, 9.17) is 10.3 Å². The molecular formula is C15H15F2N5O. The van der Waals surface area contributed by atoms with Crippen molar-refractivity contribution in [3.05, 3.63) is 59.7 Å². The van der Waals surface area contributed by atoms with Crippen molar-refractivity contribution in [2.75, 3.05) is 11.9 Å². The van der Waals surface area contributed by atoms with Crippen molar-refractivity contribution in [3.63, 3.8) is 0 Å². The minimum absolute atomic E-state index is 0.0361. The van der Waals surface area contributed by atoms with E-state index in [9.17, 15) is 8.78 Å². The summed E-state index contributed by atoms with van der Waals surface area (Å²) in [5.41, 5.74) is 8.64. The Morgan fingerprint density at radius 3 is 2.65 bits per heavy atom. The number of hydrogen-bond acceptors (Lipinski definition) is 6. The van der Waals surface area contributed by atoms with Crippen LogP contribution in [0.25, 0.3) is 0 Å². The summed E-state index contributed by atoms with van der Waals surface area (Å²) in [6.45, 7) is 1.95. The van der Waals surface area contributed by atoms with E-state index in [-0.39, 0.29) is 18.3 Å². The summed E-state index contributed by atoms with van der Waals surface area (Å²) >= 11 is 0. The summed E-state index contributed by atoms with van der Waals surface area (Å²) in [6, 6.07) is 3.54. The number of nitrogens with one attached hydrogen (secondary N) is 2. The average molecular weight is 319 g/mol. The molecule has 0 atom stereocenters. The van der Waals surface area contributed by atoms with Crippen LogP contribution in [-0.4, -0.2) is 16.6 Å². The summed E-state index contributed by atoms with van der Waals surface area (Å²) < 4.78 is 31.2. The third-order valence-corrected chi connectivity index (χ3v) is 2.91. The Morgan fingerprint density at radius 1 is 1.30 bits per heavy atom. The molecule has 1 heterocycles. The molecule has 0 amide bonds. The van der Waals surface area contributed by atoms with Gasteiger partial charge in [0.25, 0.3) is 0 Å². The molecule has 0 aliphatic heterocycles. The largest absolute Gasteiger partial charge is 0.457 e. The Kier molecular flexibility index (Phi) is 5.67. The van der Waals surface area contributed by atoms with Gasteiger partial charge in [0.2, 0.25) is 0 Å². The molecular weight excluding hydrogens is 304 g/mol. The molecule has 0 radical (unpaired) electrons. The van der Waals surface area contributed by atoms with E-state index in [0.717, 1.165) is 24.1 Å². The Morgan fingerprint density at radius 2 is 2.04 bits per heavy atom. The number of ether oxygens (including phenoxy) is 1. The van der Waals surface area contributed by atoms with Gasteiger partial charge in [-0.2, -0.15) is 5.11 Å². The first-order valence-electron chi connectivity index (χ1n) is 6.84. The monoisotopic (exact) mass is 319 g/mol. The molecule has 0 saturated heterocycles. The molecule has 0 spiro atoms. The van der Waals surface area contributed by atoms with Crippen LogP contribution in [0, 0.1) is 17.2 Å². The third-order valence-electron chi connectivity index (χ3n) is 2.91. The molecule has 0 unspecified atom stereocenters. The molecule has 1 aromatic carbocycles. The van der Waals surface area contributed by atoms with Gasteiger partial charge < -0.3 is 10.1 Å². The fourth-order valence-corrected chi connectivity index (χ4v) is 1.60. The van der Waals surface area contributed by atoms with Gasteiger partial charge in [0.15, 0.2) is 11.6 Å². The van der Waals surface area contributed by atoms with E-state index in [1.54, 1.807) is 12.4 Å². The highest BCUT2D eigenvalue weighted by molar-refractivity contribution is 5.46. The summed E-state index contributed by atoms with van der Waals surface area (Å²) in [7, 11) is 0. The second-order valence-electron chi connectivity index (χ2n) is 4.54. The van der Waals surface area contributed by atoms with Crippen molar-refractivity contribution in [1.82, 2.24) is 9.97 Å². The number of benzene rings is 1. The van der Waals surface area contributed by atoms with E-state index >= 15 is 0 Å². The molecule has 6 nitrogen and oxygen atoms in total. The van der Waals surface area contributed by atoms with Gasteiger partial charge in [-0.05, 0) is 24.1 Å². The van der Waals surface area contributed by atoms with E-state index in [0.29, 0.717) is 5.69 Å². The van der Waals surface area contributed by atoms with E-state index in [2.05, 4.69) is 20.4 Å². The molecule has 1 aromatic heterocycles. The van der Waals surface area contributed by atoms with Gasteiger partial charge >= 0.3 is 6.01 Å². The Bertz CT molecular complexity index is 704. The second-order valence-corrected chi connectivity index (χ2v) is 4.54. The topological polar surface area (TPSA) is 83.2 Å². The lowest BCUT2D eigenvalue weighted by Gasteiger charge is -2.06.